The van der Waals surface area contributed by atoms with Gasteiger partial charge in [-0.25, -0.2) is 9.59 Å². The lowest BCUT2D eigenvalue weighted by Crippen LogP contribution is -2.44. The molecule has 2 heterocycles. The van der Waals surface area contributed by atoms with Crippen LogP contribution in [0.3, 0.4) is 0 Å². The number of amides is 1. The summed E-state index contributed by atoms with van der Waals surface area (Å²) in [5.41, 5.74) is 2.82. The topological polar surface area (TPSA) is 114 Å². The van der Waals surface area contributed by atoms with E-state index in [4.69, 9.17) is 18.9 Å². The van der Waals surface area contributed by atoms with Crippen LogP contribution in [0.15, 0.2) is 67.0 Å². The highest BCUT2D eigenvalue weighted by Gasteiger charge is 2.22. The van der Waals surface area contributed by atoms with Gasteiger partial charge in [-0.2, -0.15) is 9.78 Å². The summed E-state index contributed by atoms with van der Waals surface area (Å²) < 4.78 is 24.2. The number of hydrogen-bond donors (Lipinski definition) is 1. The SMILES string of the molecule is Cc1nn(C(=O)OC(C)(C)C)c2ccc(-c3cncc(OC[C@H](COCc4ccccc4)NC(=O)OC(C)(C)C)c3)cc12. The molecule has 0 radical (unpaired) electrons. The number of carbonyl (C=O) groups excluding carboxylic acids is 2. The zero-order valence-electron chi connectivity index (χ0n) is 25.8. The number of nitrogens with one attached hydrogen (secondary N) is 1. The van der Waals surface area contributed by atoms with E-state index in [1.165, 1.54) is 4.68 Å². The Morgan fingerprint density at radius 1 is 0.884 bits per heavy atom. The molecule has 0 aliphatic heterocycles. The molecular weight excluding hydrogens is 548 g/mol. The molecule has 43 heavy (non-hydrogen) atoms. The molecule has 1 N–H and O–H groups in total. The monoisotopic (exact) mass is 588 g/mol. The Kier molecular flexibility index (Phi) is 9.70. The van der Waals surface area contributed by atoms with Gasteiger partial charge in [0.15, 0.2) is 0 Å². The Balaban J connectivity index is 1.47. The molecule has 0 aliphatic carbocycles. The predicted molar refractivity (Wildman–Crippen MR) is 164 cm³/mol. The molecule has 4 rings (SSSR count). The first-order valence-corrected chi connectivity index (χ1v) is 14.2. The molecule has 0 aliphatic rings. The van der Waals surface area contributed by atoms with Crippen LogP contribution >= 0.6 is 0 Å². The van der Waals surface area contributed by atoms with E-state index in [9.17, 15) is 9.59 Å². The van der Waals surface area contributed by atoms with Crippen LogP contribution in [0.25, 0.3) is 22.0 Å². The molecule has 0 saturated carbocycles. The Morgan fingerprint density at radius 2 is 1.60 bits per heavy atom. The number of benzene rings is 2. The summed E-state index contributed by atoms with van der Waals surface area (Å²) in [7, 11) is 0. The van der Waals surface area contributed by atoms with Gasteiger partial charge in [-0.3, -0.25) is 4.98 Å². The number of ether oxygens (including phenoxy) is 4. The summed E-state index contributed by atoms with van der Waals surface area (Å²) in [6.07, 6.45) is 2.27. The van der Waals surface area contributed by atoms with Crippen molar-refractivity contribution in [2.24, 2.45) is 0 Å². The number of aromatic nitrogens is 3. The maximum Gasteiger partial charge on any atom is 0.435 e. The number of aryl methyl sites for hydroxylation is 1. The minimum Gasteiger partial charge on any atom is -0.490 e. The fourth-order valence-electron chi connectivity index (χ4n) is 4.24. The summed E-state index contributed by atoms with van der Waals surface area (Å²) in [4.78, 5) is 29.6. The standard InChI is InChI=1S/C33H40N4O6/c1-22-28-16-24(13-14-29(28)37(36-22)31(39)43-33(5,6)7)25-15-27(18-34-17-25)41-21-26(35-30(38)42-32(2,3)4)20-40-19-23-11-9-8-10-12-23/h8-18,26H,19-21H2,1-7H3,(H,35,38)/t26-/m0/s1. The molecule has 1 amide bonds. The number of pyridine rings is 1. The summed E-state index contributed by atoms with van der Waals surface area (Å²) in [5, 5.41) is 8.09. The highest BCUT2D eigenvalue weighted by Crippen LogP contribution is 2.28. The molecule has 10 nitrogen and oxygen atoms in total. The second kappa shape index (κ2) is 13.2. The Bertz CT molecular complexity index is 1550. The van der Waals surface area contributed by atoms with E-state index in [1.54, 1.807) is 12.4 Å². The van der Waals surface area contributed by atoms with Crippen LogP contribution in [0.4, 0.5) is 9.59 Å². The summed E-state index contributed by atoms with van der Waals surface area (Å²) >= 11 is 0. The summed E-state index contributed by atoms with van der Waals surface area (Å²) in [5.74, 6) is 0.526. The predicted octanol–water partition coefficient (Wildman–Crippen LogP) is 6.68. The van der Waals surface area contributed by atoms with Crippen molar-refractivity contribution in [3.8, 4) is 16.9 Å². The lowest BCUT2D eigenvalue weighted by molar-refractivity contribution is 0.0381. The fraction of sp³-hybridized carbons (Fsp3) is 0.394. The third-order valence-electron chi connectivity index (χ3n) is 6.08. The van der Waals surface area contributed by atoms with Crippen molar-refractivity contribution >= 4 is 23.1 Å². The Labute approximate surface area is 252 Å². The van der Waals surface area contributed by atoms with E-state index in [0.717, 1.165) is 22.1 Å². The van der Waals surface area contributed by atoms with Crippen molar-refractivity contribution in [2.45, 2.75) is 72.3 Å². The second-order valence-corrected chi connectivity index (χ2v) is 12.3. The van der Waals surface area contributed by atoms with Crippen LogP contribution < -0.4 is 10.1 Å². The third-order valence-corrected chi connectivity index (χ3v) is 6.08. The average molecular weight is 589 g/mol. The van der Waals surface area contributed by atoms with Crippen molar-refractivity contribution in [1.29, 1.82) is 0 Å². The summed E-state index contributed by atoms with van der Waals surface area (Å²) in [6.45, 7) is 13.5. The van der Waals surface area contributed by atoms with Gasteiger partial charge in [0, 0.05) is 17.1 Å². The minimum absolute atomic E-state index is 0.139. The quantitative estimate of drug-likeness (QED) is 0.230. The fourth-order valence-corrected chi connectivity index (χ4v) is 4.24. The first kappa shape index (κ1) is 31.5. The molecule has 0 bridgehead atoms. The molecular formula is C33H40N4O6. The molecule has 4 aromatic rings. The van der Waals surface area contributed by atoms with E-state index in [-0.39, 0.29) is 13.2 Å². The number of hydrogen-bond acceptors (Lipinski definition) is 8. The first-order chi connectivity index (χ1) is 20.3. The zero-order valence-corrected chi connectivity index (χ0v) is 25.8. The normalized spacial score (nSPS) is 12.5. The van der Waals surface area contributed by atoms with Crippen molar-refractivity contribution in [1.82, 2.24) is 20.1 Å². The van der Waals surface area contributed by atoms with Gasteiger partial charge in [0.25, 0.3) is 0 Å². The minimum atomic E-state index is -0.637. The van der Waals surface area contributed by atoms with Gasteiger partial charge >= 0.3 is 12.2 Å². The van der Waals surface area contributed by atoms with E-state index < -0.39 is 29.4 Å². The molecule has 2 aromatic carbocycles. The average Bonchev–Trinajstić information content (AvgIpc) is 3.26. The molecule has 10 heteroatoms. The number of nitrogens with zero attached hydrogens (tertiary/aromatic N) is 3. The summed E-state index contributed by atoms with van der Waals surface area (Å²) in [6, 6.07) is 16.9. The number of rotatable bonds is 9. The number of carbonyl (C=O) groups is 2. The third kappa shape index (κ3) is 9.27. The Morgan fingerprint density at radius 3 is 2.30 bits per heavy atom. The first-order valence-electron chi connectivity index (χ1n) is 14.2. The van der Waals surface area contributed by atoms with Crippen LogP contribution in [0.5, 0.6) is 5.75 Å². The van der Waals surface area contributed by atoms with Gasteiger partial charge < -0.3 is 24.3 Å². The van der Waals surface area contributed by atoms with Crippen LogP contribution in [-0.2, 0) is 20.8 Å². The van der Waals surface area contributed by atoms with Gasteiger partial charge in [0.2, 0.25) is 0 Å². The number of alkyl carbamates (subject to hydrolysis) is 1. The van der Waals surface area contributed by atoms with Crippen LogP contribution in [-0.4, -0.2) is 57.4 Å². The molecule has 2 aromatic heterocycles. The van der Waals surface area contributed by atoms with Crippen molar-refractivity contribution in [2.75, 3.05) is 13.2 Å². The molecule has 1 atom stereocenters. The van der Waals surface area contributed by atoms with E-state index in [0.29, 0.717) is 23.6 Å². The second-order valence-electron chi connectivity index (χ2n) is 12.3. The number of fused-ring (bicyclic) bond motifs is 1. The smallest absolute Gasteiger partial charge is 0.435 e. The lowest BCUT2D eigenvalue weighted by Gasteiger charge is -2.24. The molecule has 0 spiro atoms. The lowest BCUT2D eigenvalue weighted by atomic mass is 10.0. The van der Waals surface area contributed by atoms with Gasteiger partial charge in [0.1, 0.15) is 23.6 Å². The van der Waals surface area contributed by atoms with Gasteiger partial charge in [0.05, 0.1) is 36.7 Å². The van der Waals surface area contributed by atoms with Crippen LogP contribution in [0.2, 0.25) is 0 Å². The van der Waals surface area contributed by atoms with Gasteiger partial charge in [-0.15, -0.1) is 0 Å². The zero-order chi connectivity index (χ0) is 31.2. The molecule has 0 unspecified atom stereocenters. The van der Waals surface area contributed by atoms with Gasteiger partial charge in [-0.05, 0) is 77.8 Å². The highest BCUT2D eigenvalue weighted by atomic mass is 16.6. The maximum atomic E-state index is 12.7. The van der Waals surface area contributed by atoms with E-state index >= 15 is 0 Å². The van der Waals surface area contributed by atoms with Crippen molar-refractivity contribution in [3.63, 3.8) is 0 Å². The van der Waals surface area contributed by atoms with Crippen LogP contribution in [0.1, 0.15) is 52.8 Å². The van der Waals surface area contributed by atoms with Crippen LogP contribution in [0, 0.1) is 6.92 Å². The maximum absolute atomic E-state index is 12.7. The van der Waals surface area contributed by atoms with E-state index in [1.807, 2.05) is 103 Å². The van der Waals surface area contributed by atoms with Crippen molar-refractivity contribution < 1.29 is 28.5 Å². The Hall–Kier alpha value is -4.44. The largest absolute Gasteiger partial charge is 0.490 e. The molecule has 0 fully saturated rings. The molecule has 0 saturated heterocycles. The van der Waals surface area contributed by atoms with E-state index in [2.05, 4.69) is 15.4 Å². The molecule has 228 valence electrons. The van der Waals surface area contributed by atoms with Crippen molar-refractivity contribution in [3.05, 3.63) is 78.2 Å². The highest BCUT2D eigenvalue weighted by molar-refractivity contribution is 5.92. The van der Waals surface area contributed by atoms with Gasteiger partial charge in [-0.1, -0.05) is 36.4 Å².